The number of nitrogens with zero attached hydrogens (tertiary/aromatic N) is 1. The number of carboxylic acid groups (broad SMARTS) is 1. The molecule has 3 rings (SSSR count). The summed E-state index contributed by atoms with van der Waals surface area (Å²) in [5, 5.41) is 12.0. The first kappa shape index (κ1) is 21.6. The van der Waals surface area contributed by atoms with E-state index in [0.717, 1.165) is 25.0 Å². The molecular formula is C22H32N2O5. The van der Waals surface area contributed by atoms with Crippen molar-refractivity contribution in [1.82, 2.24) is 10.3 Å². The molecule has 160 valence electrons. The van der Waals surface area contributed by atoms with Gasteiger partial charge in [0.05, 0.1) is 6.04 Å². The van der Waals surface area contributed by atoms with E-state index in [4.69, 9.17) is 9.47 Å². The SMILES string of the molecule is CCC1CCc2ccnc(C[C@]3([C@H](CC(C)C)NC(=O)O)OC(C)(C)OC3=O)c21. The summed E-state index contributed by atoms with van der Waals surface area (Å²) in [4.78, 5) is 29.3. The molecule has 3 atom stereocenters. The number of hydrogen-bond donors (Lipinski definition) is 2. The fourth-order valence-corrected chi connectivity index (χ4v) is 4.79. The number of amides is 1. The van der Waals surface area contributed by atoms with Crippen molar-refractivity contribution in [3.8, 4) is 0 Å². The zero-order valence-corrected chi connectivity index (χ0v) is 17.9. The van der Waals surface area contributed by atoms with Crippen LogP contribution in [0, 0.1) is 5.92 Å². The summed E-state index contributed by atoms with van der Waals surface area (Å²) in [5.74, 6) is -1.12. The lowest BCUT2D eigenvalue weighted by Gasteiger charge is -2.35. The molecule has 1 amide bonds. The molecule has 1 fully saturated rings. The van der Waals surface area contributed by atoms with Gasteiger partial charge < -0.3 is 19.9 Å². The summed E-state index contributed by atoms with van der Waals surface area (Å²) in [6.45, 7) is 9.49. The maximum atomic E-state index is 13.2. The quantitative estimate of drug-likeness (QED) is 0.671. The highest BCUT2D eigenvalue weighted by Crippen LogP contribution is 2.43. The zero-order valence-electron chi connectivity index (χ0n) is 17.9. The Morgan fingerprint density at radius 2 is 2.14 bits per heavy atom. The van der Waals surface area contributed by atoms with Gasteiger partial charge in [0.25, 0.3) is 0 Å². The predicted octanol–water partition coefficient (Wildman–Crippen LogP) is 3.79. The highest BCUT2D eigenvalue weighted by atomic mass is 16.8. The lowest BCUT2D eigenvalue weighted by atomic mass is 9.82. The summed E-state index contributed by atoms with van der Waals surface area (Å²) >= 11 is 0. The van der Waals surface area contributed by atoms with Crippen LogP contribution in [-0.4, -0.2) is 39.6 Å². The summed E-state index contributed by atoms with van der Waals surface area (Å²) in [6.07, 6.45) is 4.28. The van der Waals surface area contributed by atoms with Gasteiger partial charge in [-0.3, -0.25) is 4.98 Å². The van der Waals surface area contributed by atoms with Crippen LogP contribution in [0.25, 0.3) is 0 Å². The van der Waals surface area contributed by atoms with Crippen LogP contribution < -0.4 is 5.32 Å². The van der Waals surface area contributed by atoms with Gasteiger partial charge in [0.15, 0.2) is 5.60 Å². The highest BCUT2D eigenvalue weighted by Gasteiger charge is 2.59. The number of esters is 1. The molecule has 2 N–H and O–H groups in total. The number of ether oxygens (including phenoxy) is 2. The molecule has 7 nitrogen and oxygen atoms in total. The Morgan fingerprint density at radius 1 is 1.41 bits per heavy atom. The van der Waals surface area contributed by atoms with Gasteiger partial charge in [0, 0.05) is 32.2 Å². The first-order chi connectivity index (χ1) is 13.6. The number of aromatic nitrogens is 1. The van der Waals surface area contributed by atoms with E-state index in [9.17, 15) is 14.7 Å². The van der Waals surface area contributed by atoms with Crippen molar-refractivity contribution in [2.75, 3.05) is 0 Å². The maximum absolute atomic E-state index is 13.2. The van der Waals surface area contributed by atoms with Gasteiger partial charge in [-0.2, -0.15) is 0 Å². The largest absolute Gasteiger partial charge is 0.465 e. The van der Waals surface area contributed by atoms with Crippen LogP contribution in [0.15, 0.2) is 12.3 Å². The number of fused-ring (bicyclic) bond motifs is 1. The summed E-state index contributed by atoms with van der Waals surface area (Å²) in [7, 11) is 0. The van der Waals surface area contributed by atoms with Crippen molar-refractivity contribution in [1.29, 1.82) is 0 Å². The van der Waals surface area contributed by atoms with E-state index in [2.05, 4.69) is 17.2 Å². The Kier molecular flexibility index (Phi) is 5.90. The van der Waals surface area contributed by atoms with Gasteiger partial charge in [0.1, 0.15) is 0 Å². The molecule has 1 unspecified atom stereocenters. The monoisotopic (exact) mass is 404 g/mol. The molecular weight excluding hydrogens is 372 g/mol. The average molecular weight is 405 g/mol. The molecule has 2 aliphatic rings. The molecule has 1 aliphatic carbocycles. The molecule has 0 saturated carbocycles. The first-order valence-electron chi connectivity index (χ1n) is 10.5. The van der Waals surface area contributed by atoms with Crippen LogP contribution in [-0.2, 0) is 27.1 Å². The van der Waals surface area contributed by atoms with Crippen LogP contribution in [0.2, 0.25) is 0 Å². The fraction of sp³-hybridized carbons (Fsp3) is 0.682. The Balaban J connectivity index is 2.07. The van der Waals surface area contributed by atoms with Gasteiger partial charge >= 0.3 is 12.1 Å². The maximum Gasteiger partial charge on any atom is 0.404 e. The average Bonchev–Trinajstić information content (AvgIpc) is 3.12. The molecule has 1 aliphatic heterocycles. The van der Waals surface area contributed by atoms with Crippen LogP contribution in [0.3, 0.4) is 0 Å². The Hall–Kier alpha value is -2.15. The van der Waals surface area contributed by atoms with Gasteiger partial charge in [-0.15, -0.1) is 0 Å². The Labute approximate surface area is 172 Å². The summed E-state index contributed by atoms with van der Waals surface area (Å²) < 4.78 is 11.7. The third kappa shape index (κ3) is 4.25. The standard InChI is InChI=1S/C22H32N2O5/c1-6-14-7-8-15-9-10-23-16(18(14)15)12-22(19(25)28-21(4,5)29-22)17(11-13(2)3)24-20(26)27/h9-10,13-14,17,24H,6-8,11-12H2,1-5H3,(H,26,27)/t14?,17-,22+/m0/s1. The number of pyridine rings is 1. The van der Waals surface area contributed by atoms with Crippen molar-refractivity contribution in [2.45, 2.75) is 90.1 Å². The normalized spacial score (nSPS) is 26.3. The summed E-state index contributed by atoms with van der Waals surface area (Å²) in [5.41, 5.74) is 1.81. The van der Waals surface area contributed by atoms with E-state index < -0.39 is 29.5 Å². The topological polar surface area (TPSA) is 97.8 Å². The molecule has 0 radical (unpaired) electrons. The molecule has 0 spiro atoms. The number of hydrogen-bond acceptors (Lipinski definition) is 5. The van der Waals surface area contributed by atoms with E-state index in [-0.39, 0.29) is 12.3 Å². The molecule has 7 heteroatoms. The Bertz CT molecular complexity index is 791. The smallest absolute Gasteiger partial charge is 0.404 e. The van der Waals surface area contributed by atoms with E-state index in [0.29, 0.717) is 12.3 Å². The highest BCUT2D eigenvalue weighted by molar-refractivity contribution is 5.84. The van der Waals surface area contributed by atoms with Gasteiger partial charge in [0.2, 0.25) is 5.79 Å². The van der Waals surface area contributed by atoms with E-state index >= 15 is 0 Å². The number of cyclic esters (lactones) is 1. The van der Waals surface area contributed by atoms with Crippen molar-refractivity contribution < 1.29 is 24.2 Å². The second-order valence-electron chi connectivity index (χ2n) is 9.06. The molecule has 0 bridgehead atoms. The molecule has 1 saturated heterocycles. The van der Waals surface area contributed by atoms with Gasteiger partial charge in [-0.1, -0.05) is 20.8 Å². The first-order valence-corrected chi connectivity index (χ1v) is 10.5. The third-order valence-corrected chi connectivity index (χ3v) is 5.94. The second kappa shape index (κ2) is 7.94. The minimum atomic E-state index is -1.45. The van der Waals surface area contributed by atoms with Crippen molar-refractivity contribution in [3.05, 3.63) is 29.1 Å². The minimum Gasteiger partial charge on any atom is -0.465 e. The van der Waals surface area contributed by atoms with Crippen LogP contribution in [0.4, 0.5) is 4.79 Å². The number of carbonyl (C=O) groups excluding carboxylic acids is 1. The molecule has 1 aromatic heterocycles. The minimum absolute atomic E-state index is 0.154. The second-order valence-corrected chi connectivity index (χ2v) is 9.06. The lowest BCUT2D eigenvalue weighted by Crippen LogP contribution is -2.58. The van der Waals surface area contributed by atoms with Gasteiger partial charge in [-0.25, -0.2) is 9.59 Å². The third-order valence-electron chi connectivity index (χ3n) is 5.94. The van der Waals surface area contributed by atoms with Crippen LogP contribution in [0.5, 0.6) is 0 Å². The number of nitrogens with one attached hydrogen (secondary N) is 1. The van der Waals surface area contributed by atoms with Crippen molar-refractivity contribution in [2.24, 2.45) is 5.92 Å². The molecule has 0 aromatic carbocycles. The zero-order chi connectivity index (χ0) is 21.4. The number of rotatable bonds is 7. The molecule has 29 heavy (non-hydrogen) atoms. The summed E-state index contributed by atoms with van der Waals surface area (Å²) in [6, 6.07) is 1.30. The van der Waals surface area contributed by atoms with Crippen molar-refractivity contribution in [3.63, 3.8) is 0 Å². The Morgan fingerprint density at radius 3 is 2.69 bits per heavy atom. The van der Waals surface area contributed by atoms with Crippen LogP contribution in [0.1, 0.15) is 76.6 Å². The predicted molar refractivity (Wildman–Crippen MR) is 108 cm³/mol. The molecule has 1 aromatic rings. The van der Waals surface area contributed by atoms with E-state index in [1.165, 1.54) is 11.1 Å². The van der Waals surface area contributed by atoms with E-state index in [1.807, 2.05) is 19.9 Å². The molecule has 2 heterocycles. The fourth-order valence-electron chi connectivity index (χ4n) is 4.79. The number of aryl methyl sites for hydroxylation is 1. The van der Waals surface area contributed by atoms with Crippen LogP contribution >= 0.6 is 0 Å². The van der Waals surface area contributed by atoms with E-state index in [1.54, 1.807) is 20.0 Å². The number of carbonyl (C=O) groups is 2. The lowest BCUT2D eigenvalue weighted by molar-refractivity contribution is -0.170. The van der Waals surface area contributed by atoms with Gasteiger partial charge in [-0.05, 0) is 54.7 Å². The van der Waals surface area contributed by atoms with Crippen molar-refractivity contribution >= 4 is 12.1 Å².